The summed E-state index contributed by atoms with van der Waals surface area (Å²) in [4.78, 5) is 41.2. The van der Waals surface area contributed by atoms with E-state index in [2.05, 4.69) is 34.5 Å². The van der Waals surface area contributed by atoms with Crippen molar-refractivity contribution >= 4 is 17.7 Å². The molecule has 2 fully saturated rings. The van der Waals surface area contributed by atoms with Gasteiger partial charge in [0.25, 0.3) is 5.91 Å². The van der Waals surface area contributed by atoms with Crippen molar-refractivity contribution in [2.45, 2.75) is 45.0 Å². The minimum Gasteiger partial charge on any atom is -0.489 e. The number of imide groups is 1. The van der Waals surface area contributed by atoms with Gasteiger partial charge in [0.2, 0.25) is 11.8 Å². The highest BCUT2D eigenvalue weighted by Gasteiger charge is 2.39. The van der Waals surface area contributed by atoms with E-state index in [4.69, 9.17) is 9.47 Å². The van der Waals surface area contributed by atoms with Crippen molar-refractivity contribution in [2.75, 3.05) is 26.3 Å². The summed E-state index contributed by atoms with van der Waals surface area (Å²) in [6.45, 7) is 5.09. The molecule has 0 saturated carbocycles. The maximum atomic E-state index is 13.1. The summed E-state index contributed by atoms with van der Waals surface area (Å²) in [5.41, 5.74) is 3.65. The summed E-state index contributed by atoms with van der Waals surface area (Å²) >= 11 is 0. The van der Waals surface area contributed by atoms with Crippen molar-refractivity contribution in [3.05, 3.63) is 64.7 Å². The van der Waals surface area contributed by atoms with Crippen LogP contribution in [0.4, 0.5) is 0 Å². The second kappa shape index (κ2) is 9.95. The predicted octanol–water partition coefficient (Wildman–Crippen LogP) is 2.25. The third-order valence-electron chi connectivity index (χ3n) is 6.70. The molecule has 3 aliphatic heterocycles. The molecule has 5 rings (SSSR count). The van der Waals surface area contributed by atoms with Gasteiger partial charge in [0.05, 0.1) is 19.8 Å². The number of amides is 3. The number of nitrogens with one attached hydrogen (secondary N) is 1. The van der Waals surface area contributed by atoms with E-state index in [-0.39, 0.29) is 11.8 Å². The zero-order chi connectivity index (χ0) is 23.5. The zero-order valence-electron chi connectivity index (χ0n) is 19.1. The minimum absolute atomic E-state index is 0.192. The standard InChI is InChI=1S/C26H29N3O5/c30-24-6-2-4-22(25(31)27-24)29-16-21-20(26(29)32)3-1-5-23(21)34-17-19-9-7-18(8-10-19)15-28-11-13-33-14-12-28/h1,3,5,7-10,22H,2,4,6,11-17H2,(H,27,30,31). The molecule has 2 aromatic carbocycles. The van der Waals surface area contributed by atoms with E-state index in [1.54, 1.807) is 17.0 Å². The fourth-order valence-corrected chi connectivity index (χ4v) is 4.80. The van der Waals surface area contributed by atoms with Gasteiger partial charge in [-0.1, -0.05) is 30.3 Å². The molecule has 0 aromatic heterocycles. The topological polar surface area (TPSA) is 88.2 Å². The van der Waals surface area contributed by atoms with E-state index in [1.165, 1.54) is 5.56 Å². The van der Waals surface area contributed by atoms with Crippen LogP contribution in [0.5, 0.6) is 5.75 Å². The lowest BCUT2D eigenvalue weighted by molar-refractivity contribution is -0.132. The number of hydrogen-bond donors (Lipinski definition) is 1. The molecule has 0 aliphatic carbocycles. The molecule has 1 unspecified atom stereocenters. The molecule has 0 radical (unpaired) electrons. The van der Waals surface area contributed by atoms with Crippen LogP contribution in [0.25, 0.3) is 0 Å². The van der Waals surface area contributed by atoms with Crippen LogP contribution >= 0.6 is 0 Å². The average molecular weight is 464 g/mol. The van der Waals surface area contributed by atoms with Crippen LogP contribution < -0.4 is 10.1 Å². The predicted molar refractivity (Wildman–Crippen MR) is 124 cm³/mol. The highest BCUT2D eigenvalue weighted by Crippen LogP contribution is 2.34. The second-order valence-electron chi connectivity index (χ2n) is 9.03. The smallest absolute Gasteiger partial charge is 0.255 e. The van der Waals surface area contributed by atoms with E-state index < -0.39 is 11.9 Å². The van der Waals surface area contributed by atoms with Crippen molar-refractivity contribution in [1.29, 1.82) is 0 Å². The maximum Gasteiger partial charge on any atom is 0.255 e. The lowest BCUT2D eigenvalue weighted by Gasteiger charge is -2.26. The molecule has 3 amide bonds. The van der Waals surface area contributed by atoms with Crippen LogP contribution in [0.2, 0.25) is 0 Å². The van der Waals surface area contributed by atoms with Crippen LogP contribution in [0, 0.1) is 0 Å². The van der Waals surface area contributed by atoms with Gasteiger partial charge >= 0.3 is 0 Å². The maximum absolute atomic E-state index is 13.1. The van der Waals surface area contributed by atoms with Crippen LogP contribution in [-0.2, 0) is 34.0 Å². The van der Waals surface area contributed by atoms with Crippen molar-refractivity contribution in [3.63, 3.8) is 0 Å². The molecule has 3 aliphatic rings. The molecule has 1 atom stereocenters. The third-order valence-corrected chi connectivity index (χ3v) is 6.70. The van der Waals surface area contributed by atoms with E-state index in [0.717, 1.165) is 44.0 Å². The molecule has 2 aromatic rings. The average Bonchev–Trinajstić information content (AvgIpc) is 3.08. The highest BCUT2D eigenvalue weighted by molar-refractivity contribution is 6.04. The SMILES string of the molecule is O=C1CCCC(N2Cc3c(OCc4ccc(CN5CCOCC5)cc4)cccc3C2=O)C(=O)N1. The van der Waals surface area contributed by atoms with Gasteiger partial charge in [0.15, 0.2) is 0 Å². The van der Waals surface area contributed by atoms with Crippen LogP contribution in [0.3, 0.4) is 0 Å². The van der Waals surface area contributed by atoms with Gasteiger partial charge < -0.3 is 14.4 Å². The number of morpholine rings is 1. The molecule has 3 heterocycles. The van der Waals surface area contributed by atoms with Gasteiger partial charge in [-0.05, 0) is 36.1 Å². The Morgan fingerprint density at radius 3 is 2.56 bits per heavy atom. The fraction of sp³-hybridized carbons (Fsp3) is 0.423. The lowest BCUT2D eigenvalue weighted by Crippen LogP contribution is -2.46. The molecule has 0 bridgehead atoms. The Kier molecular flexibility index (Phi) is 6.60. The Morgan fingerprint density at radius 1 is 1.00 bits per heavy atom. The van der Waals surface area contributed by atoms with Gasteiger partial charge in [-0.3, -0.25) is 24.6 Å². The number of fused-ring (bicyclic) bond motifs is 1. The van der Waals surface area contributed by atoms with Crippen LogP contribution in [0.1, 0.15) is 46.3 Å². The first-order chi connectivity index (χ1) is 16.6. The Morgan fingerprint density at radius 2 is 1.76 bits per heavy atom. The van der Waals surface area contributed by atoms with Crippen molar-refractivity contribution < 1.29 is 23.9 Å². The van der Waals surface area contributed by atoms with E-state index in [0.29, 0.717) is 43.7 Å². The third kappa shape index (κ3) is 4.83. The number of hydrogen-bond acceptors (Lipinski definition) is 6. The van der Waals surface area contributed by atoms with Gasteiger partial charge in [0.1, 0.15) is 18.4 Å². The molecule has 8 heteroatoms. The van der Waals surface area contributed by atoms with Crippen molar-refractivity contribution in [2.24, 2.45) is 0 Å². The van der Waals surface area contributed by atoms with Crippen molar-refractivity contribution in [1.82, 2.24) is 15.1 Å². The number of benzene rings is 2. The van der Waals surface area contributed by atoms with Crippen molar-refractivity contribution in [3.8, 4) is 5.75 Å². The highest BCUT2D eigenvalue weighted by atomic mass is 16.5. The van der Waals surface area contributed by atoms with E-state index in [9.17, 15) is 14.4 Å². The Bertz CT molecular complexity index is 1080. The van der Waals surface area contributed by atoms with Gasteiger partial charge in [-0.15, -0.1) is 0 Å². The van der Waals surface area contributed by atoms with Gasteiger partial charge in [-0.25, -0.2) is 0 Å². The summed E-state index contributed by atoms with van der Waals surface area (Å²) in [6, 6.07) is 13.2. The molecule has 178 valence electrons. The first-order valence-electron chi connectivity index (χ1n) is 11.9. The number of rotatable bonds is 6. The fourth-order valence-electron chi connectivity index (χ4n) is 4.80. The van der Waals surface area contributed by atoms with E-state index in [1.807, 2.05) is 6.07 Å². The Labute approximate surface area is 198 Å². The molecule has 34 heavy (non-hydrogen) atoms. The normalized spacial score (nSPS) is 21.2. The molecule has 2 saturated heterocycles. The zero-order valence-corrected chi connectivity index (χ0v) is 19.1. The molecular formula is C26H29N3O5. The van der Waals surface area contributed by atoms with Gasteiger partial charge in [0, 0.05) is 37.2 Å². The number of carbonyl (C=O) groups is 3. The monoisotopic (exact) mass is 463 g/mol. The largest absolute Gasteiger partial charge is 0.489 e. The number of nitrogens with zero attached hydrogens (tertiary/aromatic N) is 2. The summed E-state index contributed by atoms with van der Waals surface area (Å²) in [5.74, 6) is -0.224. The lowest BCUT2D eigenvalue weighted by atomic mass is 10.1. The van der Waals surface area contributed by atoms with Crippen LogP contribution in [0.15, 0.2) is 42.5 Å². The first-order valence-corrected chi connectivity index (χ1v) is 11.9. The summed E-state index contributed by atoms with van der Waals surface area (Å²) in [7, 11) is 0. The Hall–Kier alpha value is -3.23. The van der Waals surface area contributed by atoms with Crippen LogP contribution in [-0.4, -0.2) is 59.9 Å². The summed E-state index contributed by atoms with van der Waals surface area (Å²) in [6.07, 6.45) is 1.36. The molecular weight excluding hydrogens is 434 g/mol. The second-order valence-corrected chi connectivity index (χ2v) is 9.03. The number of carbonyl (C=O) groups excluding carboxylic acids is 3. The quantitative estimate of drug-likeness (QED) is 0.662. The molecule has 0 spiro atoms. The Balaban J connectivity index is 1.24. The summed E-state index contributed by atoms with van der Waals surface area (Å²) < 4.78 is 11.5. The van der Waals surface area contributed by atoms with Gasteiger partial charge in [-0.2, -0.15) is 0 Å². The molecule has 8 nitrogen and oxygen atoms in total. The van der Waals surface area contributed by atoms with E-state index >= 15 is 0 Å². The first kappa shape index (κ1) is 22.6. The number of ether oxygens (including phenoxy) is 2. The minimum atomic E-state index is -0.641. The summed E-state index contributed by atoms with van der Waals surface area (Å²) in [5, 5.41) is 2.40. The molecule has 1 N–H and O–H groups in total.